The van der Waals surface area contributed by atoms with Gasteiger partial charge < -0.3 is 0 Å². The zero-order valence-corrected chi connectivity index (χ0v) is 14.1. The molecule has 1 aromatic heterocycles. The van der Waals surface area contributed by atoms with Gasteiger partial charge in [0.25, 0.3) is 0 Å². The van der Waals surface area contributed by atoms with Crippen molar-refractivity contribution in [3.05, 3.63) is 54.6 Å². The molecule has 5 heteroatoms. The van der Waals surface area contributed by atoms with Gasteiger partial charge in [-0.15, -0.1) is 11.3 Å². The molecule has 1 atom stereocenters. The topological polar surface area (TPSA) is 0 Å². The second-order valence-corrected chi connectivity index (χ2v) is 7.92. The maximum atomic E-state index is 6.02. The highest BCUT2D eigenvalue weighted by atomic mass is 79.9. The molecule has 0 aliphatic carbocycles. The zero-order valence-electron chi connectivity index (χ0n) is 8.59. The van der Waals surface area contributed by atoms with Crippen LogP contribution in [-0.2, 0) is 6.42 Å². The summed E-state index contributed by atoms with van der Waals surface area (Å²) in [6.45, 7) is 0. The summed E-state index contributed by atoms with van der Waals surface area (Å²) in [4.78, 5) is 1.47. The molecule has 0 saturated heterocycles. The number of hydrogen-bond acceptors (Lipinski definition) is 1. The molecule has 1 aromatic carbocycles. The van der Waals surface area contributed by atoms with Gasteiger partial charge in [-0.1, -0.05) is 51.3 Å². The van der Waals surface area contributed by atoms with E-state index in [-0.39, 0.29) is 4.83 Å². The summed E-state index contributed by atoms with van der Waals surface area (Å²) in [5, 5.41) is 1.54. The van der Waals surface area contributed by atoms with Crippen LogP contribution < -0.4 is 0 Å². The maximum absolute atomic E-state index is 6.02. The normalized spacial score (nSPS) is 12.7. The third kappa shape index (κ3) is 3.71. The third-order valence-electron chi connectivity index (χ3n) is 2.28. The lowest BCUT2D eigenvalue weighted by Gasteiger charge is -2.07. The van der Waals surface area contributed by atoms with Crippen molar-refractivity contribution in [2.24, 2.45) is 0 Å². The standard InChI is InChI=1S/C12H8Br2Cl2S/c13-9(11-6-10(16)12(14)17-11)5-7-2-1-3-8(15)4-7/h1-4,6,9H,5H2. The van der Waals surface area contributed by atoms with Crippen LogP contribution in [0, 0.1) is 0 Å². The van der Waals surface area contributed by atoms with E-state index in [2.05, 4.69) is 37.9 Å². The predicted octanol–water partition coefficient (Wildman–Crippen LogP) is 6.50. The Morgan fingerprint density at radius 2 is 2.00 bits per heavy atom. The van der Waals surface area contributed by atoms with E-state index >= 15 is 0 Å². The van der Waals surface area contributed by atoms with Gasteiger partial charge in [-0.25, -0.2) is 0 Å². The third-order valence-corrected chi connectivity index (χ3v) is 6.22. The maximum Gasteiger partial charge on any atom is 0.0887 e. The van der Waals surface area contributed by atoms with Gasteiger partial charge in [-0.2, -0.15) is 0 Å². The van der Waals surface area contributed by atoms with E-state index in [4.69, 9.17) is 23.2 Å². The van der Waals surface area contributed by atoms with Gasteiger partial charge in [-0.3, -0.25) is 0 Å². The predicted molar refractivity (Wildman–Crippen MR) is 83.9 cm³/mol. The summed E-state index contributed by atoms with van der Waals surface area (Å²) in [6, 6.07) is 9.90. The molecule has 0 amide bonds. The van der Waals surface area contributed by atoms with Gasteiger partial charge in [0.15, 0.2) is 0 Å². The smallest absolute Gasteiger partial charge is 0.0887 e. The Bertz CT molecular complexity index is 505. The van der Waals surface area contributed by atoms with Gasteiger partial charge in [0, 0.05) is 9.90 Å². The van der Waals surface area contributed by atoms with Crippen LogP contribution in [0.1, 0.15) is 15.3 Å². The number of rotatable bonds is 3. The second-order valence-electron chi connectivity index (χ2n) is 3.57. The molecular formula is C12H8Br2Cl2S. The summed E-state index contributed by atoms with van der Waals surface area (Å²) >= 11 is 20.7. The fourth-order valence-corrected chi connectivity index (χ4v) is 4.21. The molecule has 0 aliphatic heterocycles. The first-order valence-electron chi connectivity index (χ1n) is 4.89. The quantitative estimate of drug-likeness (QED) is 0.503. The minimum Gasteiger partial charge on any atom is -0.130 e. The molecule has 1 unspecified atom stereocenters. The molecule has 0 aliphatic rings. The van der Waals surface area contributed by atoms with Crippen LogP contribution in [0.4, 0.5) is 0 Å². The van der Waals surface area contributed by atoms with Crippen LogP contribution in [0.15, 0.2) is 34.1 Å². The van der Waals surface area contributed by atoms with Crippen molar-refractivity contribution in [3.63, 3.8) is 0 Å². The Morgan fingerprint density at radius 3 is 2.59 bits per heavy atom. The largest absolute Gasteiger partial charge is 0.130 e. The van der Waals surface area contributed by atoms with Crippen LogP contribution >= 0.6 is 66.4 Å². The molecule has 1 heterocycles. The van der Waals surface area contributed by atoms with Crippen molar-refractivity contribution < 1.29 is 0 Å². The molecule has 0 saturated carbocycles. The summed E-state index contributed by atoms with van der Waals surface area (Å²) < 4.78 is 0.977. The molecule has 17 heavy (non-hydrogen) atoms. The number of thiophene rings is 1. The van der Waals surface area contributed by atoms with Crippen LogP contribution in [0.5, 0.6) is 0 Å². The summed E-state index contributed by atoms with van der Waals surface area (Å²) in [6.07, 6.45) is 0.893. The highest BCUT2D eigenvalue weighted by molar-refractivity contribution is 9.11. The number of alkyl halides is 1. The van der Waals surface area contributed by atoms with E-state index in [0.29, 0.717) is 0 Å². The first-order valence-corrected chi connectivity index (χ1v) is 8.17. The Balaban J connectivity index is 2.14. The fourth-order valence-electron chi connectivity index (χ4n) is 1.49. The van der Waals surface area contributed by atoms with Crippen molar-refractivity contribution in [2.45, 2.75) is 11.2 Å². The first kappa shape index (κ1) is 13.9. The molecular weight excluding hydrogens is 407 g/mol. The fraction of sp³-hybridized carbons (Fsp3) is 0.167. The van der Waals surface area contributed by atoms with Crippen molar-refractivity contribution in [2.75, 3.05) is 0 Å². The highest BCUT2D eigenvalue weighted by Gasteiger charge is 2.13. The van der Waals surface area contributed by atoms with Gasteiger partial charge in [0.1, 0.15) is 0 Å². The second kappa shape index (κ2) is 6.07. The van der Waals surface area contributed by atoms with E-state index in [1.165, 1.54) is 10.4 Å². The molecule has 0 N–H and O–H groups in total. The Kier molecular flexibility index (Phi) is 4.96. The lowest BCUT2D eigenvalue weighted by Crippen LogP contribution is -1.92. The SMILES string of the molecule is Clc1cccc(CC(Br)c2cc(Cl)c(Br)s2)c1. The number of hydrogen-bond donors (Lipinski definition) is 0. The van der Waals surface area contributed by atoms with Gasteiger partial charge in [-0.05, 0) is 46.1 Å². The van der Waals surface area contributed by atoms with E-state index in [1.54, 1.807) is 11.3 Å². The molecule has 0 nitrogen and oxygen atoms in total. The van der Waals surface area contributed by atoms with Crippen LogP contribution in [0.3, 0.4) is 0 Å². The summed E-state index contributed by atoms with van der Waals surface area (Å²) in [5.74, 6) is 0. The zero-order chi connectivity index (χ0) is 12.4. The number of benzene rings is 1. The van der Waals surface area contributed by atoms with Crippen molar-refractivity contribution in [3.8, 4) is 0 Å². The van der Waals surface area contributed by atoms with Crippen LogP contribution in [-0.4, -0.2) is 0 Å². The average molecular weight is 415 g/mol. The molecule has 90 valence electrons. The van der Waals surface area contributed by atoms with Crippen LogP contribution in [0.2, 0.25) is 10.0 Å². The van der Waals surface area contributed by atoms with Crippen molar-refractivity contribution in [1.82, 2.24) is 0 Å². The Labute approximate surface area is 131 Å². The number of halogens is 4. The Hall–Kier alpha value is 0.460. The van der Waals surface area contributed by atoms with E-state index in [0.717, 1.165) is 20.3 Å². The summed E-state index contributed by atoms with van der Waals surface area (Å²) in [7, 11) is 0. The average Bonchev–Trinajstić information content (AvgIpc) is 2.59. The minimum absolute atomic E-state index is 0.259. The highest BCUT2D eigenvalue weighted by Crippen LogP contribution is 2.39. The van der Waals surface area contributed by atoms with Gasteiger partial charge in [0.2, 0.25) is 0 Å². The first-order chi connectivity index (χ1) is 8.06. The molecule has 2 rings (SSSR count). The van der Waals surface area contributed by atoms with Gasteiger partial charge >= 0.3 is 0 Å². The molecule has 0 fully saturated rings. The van der Waals surface area contributed by atoms with E-state index in [1.807, 2.05) is 24.3 Å². The molecule has 0 radical (unpaired) electrons. The lowest BCUT2D eigenvalue weighted by molar-refractivity contribution is 0.970. The molecule has 0 spiro atoms. The van der Waals surface area contributed by atoms with E-state index < -0.39 is 0 Å². The van der Waals surface area contributed by atoms with Gasteiger partial charge in [0.05, 0.1) is 13.6 Å². The Morgan fingerprint density at radius 1 is 1.24 bits per heavy atom. The van der Waals surface area contributed by atoms with Crippen LogP contribution in [0.25, 0.3) is 0 Å². The molecule has 2 aromatic rings. The summed E-state index contributed by atoms with van der Waals surface area (Å²) in [5.41, 5.74) is 1.21. The lowest BCUT2D eigenvalue weighted by atomic mass is 10.1. The van der Waals surface area contributed by atoms with Crippen molar-refractivity contribution >= 4 is 66.4 Å². The minimum atomic E-state index is 0.259. The monoisotopic (exact) mass is 412 g/mol. The molecule has 0 bridgehead atoms. The van der Waals surface area contributed by atoms with Crippen molar-refractivity contribution in [1.29, 1.82) is 0 Å². The van der Waals surface area contributed by atoms with E-state index in [9.17, 15) is 0 Å².